The molecule has 7 heteroatoms. The van der Waals surface area contributed by atoms with Crippen LogP contribution in [0.2, 0.25) is 0 Å². The van der Waals surface area contributed by atoms with E-state index in [-0.39, 0.29) is 11.9 Å². The van der Waals surface area contributed by atoms with Gasteiger partial charge in [-0.15, -0.1) is 0 Å². The fourth-order valence-electron chi connectivity index (χ4n) is 2.99. The maximum absolute atomic E-state index is 12.6. The summed E-state index contributed by atoms with van der Waals surface area (Å²) in [4.78, 5) is 25.3. The Labute approximate surface area is 129 Å². The van der Waals surface area contributed by atoms with Crippen LogP contribution >= 0.6 is 0 Å². The van der Waals surface area contributed by atoms with Crippen molar-refractivity contribution in [1.29, 1.82) is 0 Å². The molecule has 2 aromatic heterocycles. The molecule has 118 valence electrons. The zero-order valence-electron chi connectivity index (χ0n) is 13.2. The van der Waals surface area contributed by atoms with E-state index in [0.29, 0.717) is 24.5 Å². The van der Waals surface area contributed by atoms with Crippen LogP contribution in [0.5, 0.6) is 0 Å². The van der Waals surface area contributed by atoms with E-state index >= 15 is 0 Å². The molecule has 0 aliphatic carbocycles. The molecule has 1 aliphatic heterocycles. The number of oxazole rings is 1. The zero-order valence-corrected chi connectivity index (χ0v) is 13.2. The third kappa shape index (κ3) is 2.52. The molecule has 0 bridgehead atoms. The first-order chi connectivity index (χ1) is 10.6. The summed E-state index contributed by atoms with van der Waals surface area (Å²) in [6.45, 7) is 6.97. The SMILES string of the molecule is CCN1CCN(C(=O)c2ncoc2C)C[C@@H]1c1nccn1C. The molecule has 3 heterocycles. The Morgan fingerprint density at radius 1 is 1.41 bits per heavy atom. The lowest BCUT2D eigenvalue weighted by atomic mass is 10.1. The monoisotopic (exact) mass is 303 g/mol. The van der Waals surface area contributed by atoms with Gasteiger partial charge in [-0.1, -0.05) is 6.92 Å². The highest BCUT2D eigenvalue weighted by molar-refractivity contribution is 5.93. The van der Waals surface area contributed by atoms with Crippen molar-refractivity contribution in [2.24, 2.45) is 7.05 Å². The van der Waals surface area contributed by atoms with Gasteiger partial charge in [0, 0.05) is 39.1 Å². The number of piperazine rings is 1. The zero-order chi connectivity index (χ0) is 15.7. The summed E-state index contributed by atoms with van der Waals surface area (Å²) in [5.74, 6) is 1.48. The molecule has 0 radical (unpaired) electrons. The van der Waals surface area contributed by atoms with Crippen LogP contribution in [0.1, 0.15) is 35.0 Å². The maximum Gasteiger partial charge on any atom is 0.276 e. The minimum Gasteiger partial charge on any atom is -0.448 e. The Bertz CT molecular complexity index is 662. The van der Waals surface area contributed by atoms with E-state index in [2.05, 4.69) is 21.8 Å². The summed E-state index contributed by atoms with van der Waals surface area (Å²) in [6.07, 6.45) is 5.05. The summed E-state index contributed by atoms with van der Waals surface area (Å²) in [6, 6.07) is 0.106. The smallest absolute Gasteiger partial charge is 0.276 e. The number of hydrogen-bond donors (Lipinski definition) is 0. The van der Waals surface area contributed by atoms with Crippen LogP contribution in [0, 0.1) is 6.92 Å². The molecule has 1 saturated heterocycles. The van der Waals surface area contributed by atoms with Crippen molar-refractivity contribution in [3.63, 3.8) is 0 Å². The number of hydrogen-bond acceptors (Lipinski definition) is 5. The van der Waals surface area contributed by atoms with Crippen molar-refractivity contribution < 1.29 is 9.21 Å². The fraction of sp³-hybridized carbons (Fsp3) is 0.533. The molecule has 0 aromatic carbocycles. The predicted octanol–water partition coefficient (Wildman–Crippen LogP) is 1.24. The van der Waals surface area contributed by atoms with Crippen molar-refractivity contribution >= 4 is 5.91 Å². The van der Waals surface area contributed by atoms with Gasteiger partial charge in [0.05, 0.1) is 6.04 Å². The topological polar surface area (TPSA) is 67.4 Å². The largest absolute Gasteiger partial charge is 0.448 e. The highest BCUT2D eigenvalue weighted by Gasteiger charge is 2.33. The minimum atomic E-state index is -0.0683. The number of aromatic nitrogens is 3. The molecule has 0 unspecified atom stereocenters. The first-order valence-corrected chi connectivity index (χ1v) is 7.52. The summed E-state index contributed by atoms with van der Waals surface area (Å²) in [7, 11) is 1.98. The lowest BCUT2D eigenvalue weighted by Crippen LogP contribution is -2.51. The van der Waals surface area contributed by atoms with E-state index in [1.54, 1.807) is 13.1 Å². The first kappa shape index (κ1) is 14.8. The average Bonchev–Trinajstić information content (AvgIpc) is 3.14. The van der Waals surface area contributed by atoms with Crippen LogP contribution in [0.15, 0.2) is 23.2 Å². The average molecular weight is 303 g/mol. The molecule has 1 amide bonds. The fourth-order valence-corrected chi connectivity index (χ4v) is 2.99. The van der Waals surface area contributed by atoms with Crippen molar-refractivity contribution in [2.45, 2.75) is 19.9 Å². The summed E-state index contributed by atoms with van der Waals surface area (Å²) in [5, 5.41) is 0. The lowest BCUT2D eigenvalue weighted by molar-refractivity contribution is 0.0467. The molecule has 22 heavy (non-hydrogen) atoms. The second-order valence-corrected chi connectivity index (χ2v) is 5.55. The van der Waals surface area contributed by atoms with Gasteiger partial charge in [-0.2, -0.15) is 0 Å². The Kier molecular flexibility index (Phi) is 3.98. The molecule has 1 fully saturated rings. The van der Waals surface area contributed by atoms with Gasteiger partial charge in [-0.05, 0) is 13.5 Å². The number of likely N-dealkylation sites (N-methyl/N-ethyl adjacent to an activating group) is 1. The Morgan fingerprint density at radius 2 is 2.23 bits per heavy atom. The number of amides is 1. The number of nitrogens with zero attached hydrogens (tertiary/aromatic N) is 5. The van der Waals surface area contributed by atoms with E-state index in [0.717, 1.165) is 18.9 Å². The van der Waals surface area contributed by atoms with E-state index in [9.17, 15) is 4.79 Å². The Morgan fingerprint density at radius 3 is 2.82 bits per heavy atom. The third-order valence-corrected chi connectivity index (χ3v) is 4.29. The van der Waals surface area contributed by atoms with E-state index < -0.39 is 0 Å². The summed E-state index contributed by atoms with van der Waals surface area (Å²) in [5.41, 5.74) is 0.406. The molecular weight excluding hydrogens is 282 g/mol. The molecular formula is C15H21N5O2. The van der Waals surface area contributed by atoms with Gasteiger partial charge in [-0.3, -0.25) is 9.69 Å². The molecule has 1 aliphatic rings. The van der Waals surface area contributed by atoms with Crippen LogP contribution in [-0.2, 0) is 7.05 Å². The Hall–Kier alpha value is -2.15. The van der Waals surface area contributed by atoms with Crippen LogP contribution in [-0.4, -0.2) is 56.4 Å². The van der Waals surface area contributed by atoms with Gasteiger partial charge in [0.15, 0.2) is 12.1 Å². The molecule has 3 rings (SSSR count). The molecule has 2 aromatic rings. The lowest BCUT2D eigenvalue weighted by Gasteiger charge is -2.40. The predicted molar refractivity (Wildman–Crippen MR) is 80.3 cm³/mol. The van der Waals surface area contributed by atoms with Crippen LogP contribution < -0.4 is 0 Å². The number of carbonyl (C=O) groups is 1. The maximum atomic E-state index is 12.6. The molecule has 0 saturated carbocycles. The first-order valence-electron chi connectivity index (χ1n) is 7.52. The number of aryl methyl sites for hydroxylation is 2. The van der Waals surface area contributed by atoms with Crippen LogP contribution in [0.25, 0.3) is 0 Å². The molecule has 7 nitrogen and oxygen atoms in total. The second-order valence-electron chi connectivity index (χ2n) is 5.55. The Balaban J connectivity index is 1.83. The van der Waals surface area contributed by atoms with E-state index in [4.69, 9.17) is 4.42 Å². The summed E-state index contributed by atoms with van der Waals surface area (Å²) < 4.78 is 7.17. The highest BCUT2D eigenvalue weighted by atomic mass is 16.3. The second kappa shape index (κ2) is 5.92. The number of rotatable bonds is 3. The molecule has 0 N–H and O–H groups in total. The quantitative estimate of drug-likeness (QED) is 0.853. The summed E-state index contributed by atoms with van der Waals surface area (Å²) >= 11 is 0. The van der Waals surface area contributed by atoms with Gasteiger partial charge in [-0.25, -0.2) is 9.97 Å². The van der Waals surface area contributed by atoms with Crippen LogP contribution in [0.3, 0.4) is 0 Å². The van der Waals surface area contributed by atoms with Gasteiger partial charge in [0.2, 0.25) is 0 Å². The van der Waals surface area contributed by atoms with Crippen molar-refractivity contribution in [1.82, 2.24) is 24.3 Å². The van der Waals surface area contributed by atoms with E-state index in [1.165, 1.54) is 6.39 Å². The van der Waals surface area contributed by atoms with Crippen molar-refractivity contribution in [3.8, 4) is 0 Å². The minimum absolute atomic E-state index is 0.0683. The van der Waals surface area contributed by atoms with Gasteiger partial charge in [0.1, 0.15) is 11.6 Å². The van der Waals surface area contributed by atoms with Crippen molar-refractivity contribution in [3.05, 3.63) is 36.1 Å². The standard InChI is InChI=1S/C15H21N5O2/c1-4-19-7-8-20(15(21)13-11(2)22-10-17-13)9-12(19)14-16-5-6-18(14)3/h5-6,10,12H,4,7-9H2,1-3H3/t12-/m1/s1. The van der Waals surface area contributed by atoms with Crippen LogP contribution in [0.4, 0.5) is 0 Å². The third-order valence-electron chi connectivity index (χ3n) is 4.29. The number of carbonyl (C=O) groups excluding carboxylic acids is 1. The van der Waals surface area contributed by atoms with E-state index in [1.807, 2.05) is 22.7 Å². The molecule has 1 atom stereocenters. The van der Waals surface area contributed by atoms with Gasteiger partial charge >= 0.3 is 0 Å². The van der Waals surface area contributed by atoms with Gasteiger partial charge in [0.25, 0.3) is 5.91 Å². The highest BCUT2D eigenvalue weighted by Crippen LogP contribution is 2.25. The van der Waals surface area contributed by atoms with Gasteiger partial charge < -0.3 is 13.9 Å². The normalized spacial score (nSPS) is 19.6. The molecule has 0 spiro atoms. The van der Waals surface area contributed by atoms with Crippen molar-refractivity contribution in [2.75, 3.05) is 26.2 Å². The number of imidazole rings is 1.